The molecule has 12 atom stereocenters. The Hall–Kier alpha value is -0.720. The Labute approximate surface area is 300 Å². The van der Waals surface area contributed by atoms with Gasteiger partial charge in [0.05, 0.1) is 77.3 Å². The van der Waals surface area contributed by atoms with Crippen molar-refractivity contribution in [1.29, 1.82) is 0 Å². The van der Waals surface area contributed by atoms with Crippen molar-refractivity contribution in [3.05, 3.63) is 0 Å². The second-order valence-electron chi connectivity index (χ2n) is 13.7. The monoisotopic (exact) mass is 746 g/mol. The average Bonchev–Trinajstić information content (AvgIpc) is 3.90. The first-order chi connectivity index (χ1) is 24.2. The van der Waals surface area contributed by atoms with Gasteiger partial charge in [-0.3, -0.25) is 0 Å². The fourth-order valence-electron chi connectivity index (χ4n) is 5.99. The van der Waals surface area contributed by atoms with Gasteiger partial charge in [0.2, 0.25) is 0 Å². The summed E-state index contributed by atoms with van der Waals surface area (Å²) in [6.07, 6.45) is -1.53. The molecule has 0 aromatic rings. The van der Waals surface area contributed by atoms with Gasteiger partial charge in [0.15, 0.2) is 36.7 Å². The minimum Gasteiger partial charge on any atom is -0.394 e. The van der Waals surface area contributed by atoms with Crippen molar-refractivity contribution in [2.45, 2.75) is 139 Å². The Balaban J connectivity index is 0.000000186. The highest BCUT2D eigenvalue weighted by molar-refractivity contribution is 4.86. The molecule has 0 aromatic carbocycles. The Bertz CT molecular complexity index is 901. The smallest absolute Gasteiger partial charge is 0.187 e. The van der Waals surface area contributed by atoms with E-state index in [4.69, 9.17) is 87.1 Å². The molecule has 0 aliphatic carbocycles. The summed E-state index contributed by atoms with van der Waals surface area (Å²) in [7, 11) is 4.72. The van der Waals surface area contributed by atoms with Crippen molar-refractivity contribution >= 4 is 0 Å². The number of fused-ring (bicyclic) bond motifs is 2. The first-order valence-electron chi connectivity index (χ1n) is 17.5. The summed E-state index contributed by atoms with van der Waals surface area (Å²) >= 11 is 0. The largest absolute Gasteiger partial charge is 0.394 e. The summed E-state index contributed by atoms with van der Waals surface area (Å²) in [5, 5.41) is 44.7. The minimum absolute atomic E-state index is 0.00264. The van der Waals surface area contributed by atoms with Crippen molar-refractivity contribution in [1.82, 2.24) is 0 Å². The molecule has 0 amide bonds. The van der Waals surface area contributed by atoms with Crippen LogP contribution in [0.15, 0.2) is 0 Å². The van der Waals surface area contributed by atoms with Crippen molar-refractivity contribution in [2.24, 2.45) is 0 Å². The molecule has 6 saturated heterocycles. The zero-order valence-corrected chi connectivity index (χ0v) is 31.0. The van der Waals surface area contributed by atoms with Crippen molar-refractivity contribution in [3.63, 3.8) is 0 Å². The van der Waals surface area contributed by atoms with E-state index >= 15 is 0 Å². The van der Waals surface area contributed by atoms with Gasteiger partial charge in [-0.25, -0.2) is 0 Å². The summed E-state index contributed by atoms with van der Waals surface area (Å²) in [5.74, 6) is -1.05. The van der Waals surface area contributed by atoms with Gasteiger partial charge in [-0.05, 0) is 27.7 Å². The Morgan fingerprint density at radius 2 is 1.00 bits per heavy atom. The first kappa shape index (κ1) is 44.7. The lowest BCUT2D eigenvalue weighted by Crippen LogP contribution is -2.26. The van der Waals surface area contributed by atoms with Gasteiger partial charge < -0.3 is 87.1 Å². The van der Waals surface area contributed by atoms with E-state index in [2.05, 4.69) is 0 Å². The van der Waals surface area contributed by atoms with Crippen LogP contribution in [-0.2, 0) is 61.6 Å². The van der Waals surface area contributed by atoms with Crippen LogP contribution in [0.25, 0.3) is 0 Å². The number of hydrogen-bond donors (Lipinski definition) is 5. The molecule has 5 N–H and O–H groups in total. The zero-order valence-electron chi connectivity index (χ0n) is 31.0. The summed E-state index contributed by atoms with van der Waals surface area (Å²) < 4.78 is 68.5. The van der Waals surface area contributed by atoms with Crippen LogP contribution < -0.4 is 0 Å². The van der Waals surface area contributed by atoms with Gasteiger partial charge in [-0.1, -0.05) is 0 Å². The number of ether oxygens (including phenoxy) is 13. The van der Waals surface area contributed by atoms with Crippen molar-refractivity contribution in [3.8, 4) is 0 Å². The molecule has 6 aliphatic heterocycles. The topological polar surface area (TPSA) is 221 Å². The highest BCUT2D eigenvalue weighted by Crippen LogP contribution is 2.38. The van der Waals surface area contributed by atoms with E-state index in [1.54, 1.807) is 14.2 Å². The highest BCUT2D eigenvalue weighted by Gasteiger charge is 2.49. The molecule has 6 heterocycles. The molecule has 51 heavy (non-hydrogen) atoms. The van der Waals surface area contributed by atoms with Gasteiger partial charge in [0.25, 0.3) is 0 Å². The normalized spacial score (nSPS) is 38.6. The van der Waals surface area contributed by atoms with Gasteiger partial charge in [-0.15, -0.1) is 0 Å². The van der Waals surface area contributed by atoms with Gasteiger partial charge in [0.1, 0.15) is 24.4 Å². The third-order valence-corrected chi connectivity index (χ3v) is 8.34. The fraction of sp³-hybridized carbons (Fsp3) is 1.00. The third kappa shape index (κ3) is 15.1. The summed E-state index contributed by atoms with van der Waals surface area (Å²) in [5.41, 5.74) is 0. The molecular weight excluding hydrogens is 684 g/mol. The molecule has 0 bridgehead atoms. The maximum Gasteiger partial charge on any atom is 0.187 e. The van der Waals surface area contributed by atoms with Crippen LogP contribution in [0.1, 0.15) is 53.4 Å². The lowest BCUT2D eigenvalue weighted by Gasteiger charge is -2.20. The fourth-order valence-corrected chi connectivity index (χ4v) is 5.99. The number of methoxy groups -OCH3 is 3. The summed E-state index contributed by atoms with van der Waals surface area (Å²) in [4.78, 5) is 0. The second kappa shape index (κ2) is 22.0. The first-order valence-corrected chi connectivity index (χ1v) is 17.5. The van der Waals surface area contributed by atoms with E-state index in [1.807, 2.05) is 27.7 Å². The van der Waals surface area contributed by atoms with Gasteiger partial charge >= 0.3 is 0 Å². The van der Waals surface area contributed by atoms with E-state index in [0.29, 0.717) is 52.5 Å². The third-order valence-electron chi connectivity index (χ3n) is 8.34. The average molecular weight is 747 g/mol. The van der Waals surface area contributed by atoms with Crippen LogP contribution in [-0.4, -0.2) is 185 Å². The predicted octanol–water partition coefficient (Wildman–Crippen LogP) is -0.620. The van der Waals surface area contributed by atoms with E-state index in [1.165, 1.54) is 7.11 Å². The van der Waals surface area contributed by atoms with Crippen LogP contribution in [0, 0.1) is 0 Å². The molecular formula is C33H62O18. The number of rotatable bonds is 13. The summed E-state index contributed by atoms with van der Waals surface area (Å²) in [6, 6.07) is 0. The zero-order chi connectivity index (χ0) is 37.6. The molecule has 6 fully saturated rings. The molecule has 0 aromatic heterocycles. The highest BCUT2D eigenvalue weighted by atomic mass is 16.8. The van der Waals surface area contributed by atoms with E-state index < -0.39 is 36.4 Å². The minimum atomic E-state index is -1.06. The van der Waals surface area contributed by atoms with E-state index in [0.717, 1.165) is 12.8 Å². The van der Waals surface area contributed by atoms with Crippen LogP contribution in [0.3, 0.4) is 0 Å². The Morgan fingerprint density at radius 1 is 0.549 bits per heavy atom. The standard InChI is InChI=1S/C11H20O5.C8H16O5.C8H14O4.C6H12O4/c1-11(2)15-9-6-8(14-10(9)16-11)7-13-5-4-12-3;1-11-2-3-12-5-6-4-7(9)8(10)13-6;1-8(2)11-6-3-5(4-9)10-7(6)12-8;1-9-6-5(8)2-4(3-7)10-6/h8-10H,4-7H2,1-3H3;6-10H,2-5H2,1H3;5-7,9H,3-4H2,1-2H3;4-8H,2-3H2,1H3/t8-,9?,10+;6-,7?,8?;5-,6?,7+;4-,5?,6?/m0000/s1. The van der Waals surface area contributed by atoms with E-state index in [9.17, 15) is 0 Å². The molecule has 6 unspecified atom stereocenters. The molecule has 302 valence electrons. The van der Waals surface area contributed by atoms with Crippen molar-refractivity contribution in [2.75, 3.05) is 74.2 Å². The van der Waals surface area contributed by atoms with E-state index in [-0.39, 0.29) is 62.4 Å². The number of aliphatic hydroxyl groups excluding tert-OH is 5. The molecule has 6 rings (SSSR count). The lowest BCUT2D eigenvalue weighted by atomic mass is 10.2. The number of hydrogen-bond acceptors (Lipinski definition) is 18. The molecule has 6 aliphatic rings. The maximum atomic E-state index is 9.13. The van der Waals surface area contributed by atoms with Crippen LogP contribution in [0.4, 0.5) is 0 Å². The SMILES string of the molecule is CC1(C)OC2C[C@@H](CO)O[C@@H]2O1.COC1O[C@H](CO)CC1O.COCCOC[C@@H]1CC(O)C(O)O1.COCCOC[C@@H]1CC2OC(C)(C)O[C@H]2O1. The Morgan fingerprint density at radius 3 is 1.39 bits per heavy atom. The molecule has 0 spiro atoms. The van der Waals surface area contributed by atoms with Crippen molar-refractivity contribution < 1.29 is 87.1 Å². The van der Waals surface area contributed by atoms with Gasteiger partial charge in [0, 0.05) is 47.0 Å². The predicted molar refractivity (Wildman–Crippen MR) is 174 cm³/mol. The maximum absolute atomic E-state index is 9.13. The van der Waals surface area contributed by atoms with Crippen LogP contribution in [0.5, 0.6) is 0 Å². The summed E-state index contributed by atoms with van der Waals surface area (Å²) in [6.45, 7) is 10.7. The van der Waals surface area contributed by atoms with Crippen LogP contribution in [0.2, 0.25) is 0 Å². The molecule has 0 saturated carbocycles. The van der Waals surface area contributed by atoms with Gasteiger partial charge in [-0.2, -0.15) is 0 Å². The Kier molecular flexibility index (Phi) is 19.3. The van der Waals surface area contributed by atoms with Crippen LogP contribution >= 0.6 is 0 Å². The quantitative estimate of drug-likeness (QED) is 0.148. The molecule has 18 nitrogen and oxygen atoms in total. The molecule has 0 radical (unpaired) electrons. The number of aliphatic hydroxyl groups is 5. The second-order valence-corrected chi connectivity index (χ2v) is 13.7. The molecule has 18 heteroatoms. The lowest BCUT2D eigenvalue weighted by molar-refractivity contribution is -0.209.